The van der Waals surface area contributed by atoms with E-state index in [0.717, 1.165) is 18.4 Å². The van der Waals surface area contributed by atoms with Crippen molar-refractivity contribution in [3.05, 3.63) is 29.8 Å². The number of nitrogens with one attached hydrogen (secondary N) is 1. The number of ether oxygens (including phenoxy) is 2. The molecule has 1 aliphatic rings. The van der Waals surface area contributed by atoms with E-state index in [-0.39, 0.29) is 18.0 Å². The first-order valence-corrected chi connectivity index (χ1v) is 9.40. The van der Waals surface area contributed by atoms with E-state index in [9.17, 15) is 8.42 Å². The topological polar surface area (TPSA) is 67.9 Å². The Labute approximate surface area is 132 Å². The largest absolute Gasteiger partial charge is 0.380 e. The van der Waals surface area contributed by atoms with Crippen LogP contribution in [0.25, 0.3) is 0 Å². The fourth-order valence-corrected chi connectivity index (χ4v) is 3.24. The first-order valence-electron chi connectivity index (χ1n) is 7.75. The summed E-state index contributed by atoms with van der Waals surface area (Å²) in [5.74, 6) is -0.0995. The predicted octanol–water partition coefficient (Wildman–Crippen LogP) is 1.90. The number of hydrogen-bond donors (Lipinski definition) is 1. The number of benzene rings is 1. The average Bonchev–Trinajstić information content (AvgIpc) is 3.31. The SMILES string of the molecule is CCCCOC[C@@H](NCS(=O)(=O)c1ccc(C)cc1)[C@@H]1CO1. The monoisotopic (exact) mass is 327 g/mol. The average molecular weight is 327 g/mol. The summed E-state index contributed by atoms with van der Waals surface area (Å²) in [5.41, 5.74) is 1.04. The van der Waals surface area contributed by atoms with Gasteiger partial charge in [-0.05, 0) is 25.5 Å². The minimum atomic E-state index is -3.34. The second-order valence-corrected chi connectivity index (χ2v) is 7.67. The van der Waals surface area contributed by atoms with Crippen LogP contribution in [-0.2, 0) is 19.3 Å². The van der Waals surface area contributed by atoms with Crippen LogP contribution < -0.4 is 5.32 Å². The minimum absolute atomic E-state index is 0.0647. The van der Waals surface area contributed by atoms with E-state index in [1.165, 1.54) is 0 Å². The first-order chi connectivity index (χ1) is 10.5. The van der Waals surface area contributed by atoms with Gasteiger partial charge in [0, 0.05) is 6.61 Å². The zero-order valence-electron chi connectivity index (χ0n) is 13.2. The van der Waals surface area contributed by atoms with Crippen LogP contribution in [0.2, 0.25) is 0 Å². The van der Waals surface area contributed by atoms with Gasteiger partial charge in [0.25, 0.3) is 0 Å². The molecule has 0 unspecified atom stereocenters. The highest BCUT2D eigenvalue weighted by molar-refractivity contribution is 7.91. The predicted molar refractivity (Wildman–Crippen MR) is 85.6 cm³/mol. The molecule has 1 fully saturated rings. The van der Waals surface area contributed by atoms with Crippen LogP contribution in [-0.4, -0.2) is 46.3 Å². The number of sulfone groups is 1. The highest BCUT2D eigenvalue weighted by Crippen LogP contribution is 2.16. The van der Waals surface area contributed by atoms with Crippen LogP contribution >= 0.6 is 0 Å². The molecule has 2 rings (SSSR count). The molecule has 0 aromatic heterocycles. The molecule has 5 nitrogen and oxygen atoms in total. The van der Waals surface area contributed by atoms with Gasteiger partial charge in [0.05, 0.1) is 30.3 Å². The molecule has 1 aromatic rings. The standard InChI is InChI=1S/C16H25NO4S/c1-3-4-9-20-10-15(16-11-21-16)17-12-22(18,19)14-7-5-13(2)6-8-14/h5-8,15-17H,3-4,9-12H2,1-2H3/t15-,16+/m1/s1. The van der Waals surface area contributed by atoms with Crippen LogP contribution in [0.4, 0.5) is 0 Å². The van der Waals surface area contributed by atoms with Gasteiger partial charge in [0.15, 0.2) is 9.84 Å². The van der Waals surface area contributed by atoms with Gasteiger partial charge in [-0.3, -0.25) is 5.32 Å². The molecule has 0 aliphatic carbocycles. The first kappa shape index (κ1) is 17.4. The van der Waals surface area contributed by atoms with E-state index >= 15 is 0 Å². The lowest BCUT2D eigenvalue weighted by Gasteiger charge is -2.17. The van der Waals surface area contributed by atoms with Crippen molar-refractivity contribution >= 4 is 9.84 Å². The van der Waals surface area contributed by atoms with Crippen LogP contribution in [0, 0.1) is 6.92 Å². The Morgan fingerprint density at radius 3 is 2.64 bits per heavy atom. The van der Waals surface area contributed by atoms with E-state index in [1.807, 2.05) is 19.1 Å². The molecule has 1 N–H and O–H groups in total. The maximum atomic E-state index is 12.3. The second kappa shape index (κ2) is 8.06. The van der Waals surface area contributed by atoms with Crippen molar-refractivity contribution in [1.82, 2.24) is 5.32 Å². The molecule has 1 saturated heterocycles. The summed E-state index contributed by atoms with van der Waals surface area (Å²) in [6.45, 7) is 5.89. The van der Waals surface area contributed by atoms with Crippen molar-refractivity contribution < 1.29 is 17.9 Å². The molecule has 0 spiro atoms. The highest BCUT2D eigenvalue weighted by atomic mass is 32.2. The maximum absolute atomic E-state index is 12.3. The van der Waals surface area contributed by atoms with Crippen molar-refractivity contribution in [3.63, 3.8) is 0 Å². The summed E-state index contributed by atoms with van der Waals surface area (Å²) in [4.78, 5) is 0.341. The van der Waals surface area contributed by atoms with Crippen LogP contribution in [0.15, 0.2) is 29.2 Å². The zero-order chi connectivity index (χ0) is 16.0. The van der Waals surface area contributed by atoms with Crippen molar-refractivity contribution in [2.75, 3.05) is 25.7 Å². The Bertz CT molecular complexity index is 552. The van der Waals surface area contributed by atoms with Crippen LogP contribution in [0.3, 0.4) is 0 Å². The molecule has 1 aliphatic heterocycles. The molecule has 0 bridgehead atoms. The number of unbranched alkanes of at least 4 members (excludes halogenated alkanes) is 1. The smallest absolute Gasteiger partial charge is 0.191 e. The Balaban J connectivity index is 1.86. The Kier molecular flexibility index (Phi) is 6.37. The fourth-order valence-electron chi connectivity index (χ4n) is 2.09. The third kappa shape index (κ3) is 5.35. The normalized spacial score (nSPS) is 19.1. The van der Waals surface area contributed by atoms with Gasteiger partial charge in [0.2, 0.25) is 0 Å². The second-order valence-electron chi connectivity index (χ2n) is 5.68. The summed E-state index contributed by atoms with van der Waals surface area (Å²) in [5, 5.41) is 3.07. The lowest BCUT2D eigenvalue weighted by Crippen LogP contribution is -2.41. The van der Waals surface area contributed by atoms with Crippen LogP contribution in [0.1, 0.15) is 25.3 Å². The van der Waals surface area contributed by atoms with E-state index in [2.05, 4.69) is 12.2 Å². The Morgan fingerprint density at radius 1 is 1.36 bits per heavy atom. The van der Waals surface area contributed by atoms with Crippen LogP contribution in [0.5, 0.6) is 0 Å². The van der Waals surface area contributed by atoms with Crippen molar-refractivity contribution in [2.24, 2.45) is 0 Å². The quantitative estimate of drug-likeness (QED) is 0.525. The van der Waals surface area contributed by atoms with E-state index < -0.39 is 9.84 Å². The Morgan fingerprint density at radius 2 is 2.05 bits per heavy atom. The van der Waals surface area contributed by atoms with Gasteiger partial charge < -0.3 is 9.47 Å². The molecule has 1 aromatic carbocycles. The number of hydrogen-bond acceptors (Lipinski definition) is 5. The fraction of sp³-hybridized carbons (Fsp3) is 0.625. The maximum Gasteiger partial charge on any atom is 0.191 e. The third-order valence-electron chi connectivity index (χ3n) is 3.66. The van der Waals surface area contributed by atoms with Gasteiger partial charge in [0.1, 0.15) is 5.88 Å². The molecule has 124 valence electrons. The molecule has 0 amide bonds. The number of aryl methyl sites for hydroxylation is 1. The third-order valence-corrected chi connectivity index (χ3v) is 5.20. The number of epoxide rings is 1. The van der Waals surface area contributed by atoms with E-state index in [4.69, 9.17) is 9.47 Å². The summed E-state index contributed by atoms with van der Waals surface area (Å²) in [6.07, 6.45) is 2.16. The lowest BCUT2D eigenvalue weighted by atomic mass is 10.2. The molecule has 0 radical (unpaired) electrons. The van der Waals surface area contributed by atoms with E-state index in [0.29, 0.717) is 24.7 Å². The highest BCUT2D eigenvalue weighted by Gasteiger charge is 2.33. The summed E-state index contributed by atoms with van der Waals surface area (Å²) >= 11 is 0. The molecular weight excluding hydrogens is 302 g/mol. The Hall–Kier alpha value is -0.950. The summed E-state index contributed by atoms with van der Waals surface area (Å²) < 4.78 is 35.5. The molecule has 2 atom stereocenters. The van der Waals surface area contributed by atoms with Gasteiger partial charge in [-0.2, -0.15) is 0 Å². The van der Waals surface area contributed by atoms with Crippen molar-refractivity contribution in [1.29, 1.82) is 0 Å². The number of rotatable bonds is 10. The van der Waals surface area contributed by atoms with Gasteiger partial charge in [-0.25, -0.2) is 8.42 Å². The van der Waals surface area contributed by atoms with Crippen molar-refractivity contribution in [2.45, 2.75) is 43.7 Å². The molecule has 22 heavy (non-hydrogen) atoms. The van der Waals surface area contributed by atoms with Gasteiger partial charge >= 0.3 is 0 Å². The molecule has 0 saturated carbocycles. The summed E-state index contributed by atoms with van der Waals surface area (Å²) in [6, 6.07) is 6.83. The van der Waals surface area contributed by atoms with E-state index in [1.54, 1.807) is 12.1 Å². The molecule has 6 heteroatoms. The van der Waals surface area contributed by atoms with Gasteiger partial charge in [-0.1, -0.05) is 31.0 Å². The molecular formula is C16H25NO4S. The zero-order valence-corrected chi connectivity index (χ0v) is 14.1. The van der Waals surface area contributed by atoms with Gasteiger partial charge in [-0.15, -0.1) is 0 Å². The summed E-state index contributed by atoms with van der Waals surface area (Å²) in [7, 11) is -3.34. The lowest BCUT2D eigenvalue weighted by molar-refractivity contribution is 0.101. The minimum Gasteiger partial charge on any atom is -0.380 e. The van der Waals surface area contributed by atoms with Crippen molar-refractivity contribution in [3.8, 4) is 0 Å². The molecule has 1 heterocycles.